The van der Waals surface area contributed by atoms with Gasteiger partial charge < -0.3 is 5.32 Å². The molecule has 1 N–H and O–H groups in total. The van der Waals surface area contributed by atoms with Crippen LogP contribution in [0.5, 0.6) is 0 Å². The second-order valence-corrected chi connectivity index (χ2v) is 6.68. The van der Waals surface area contributed by atoms with Crippen LogP contribution < -0.4 is 5.32 Å². The molecule has 5 heteroatoms. The maximum absolute atomic E-state index is 6.04. The molecule has 2 heterocycles. The Morgan fingerprint density at radius 3 is 3.00 bits per heavy atom. The molecule has 0 aliphatic rings. The van der Waals surface area contributed by atoms with Crippen LogP contribution in [-0.2, 0) is 6.54 Å². The number of fused-ring (bicyclic) bond motifs is 1. The van der Waals surface area contributed by atoms with Gasteiger partial charge in [0.25, 0.3) is 0 Å². The van der Waals surface area contributed by atoms with Crippen molar-refractivity contribution < 1.29 is 0 Å². The molecule has 19 heavy (non-hydrogen) atoms. The number of thiophene rings is 1. The van der Waals surface area contributed by atoms with Gasteiger partial charge >= 0.3 is 0 Å². The zero-order chi connectivity index (χ0) is 13.2. The van der Waals surface area contributed by atoms with Crippen molar-refractivity contribution in [1.29, 1.82) is 0 Å². The molecule has 1 aromatic carbocycles. The minimum Gasteiger partial charge on any atom is -0.380 e. The van der Waals surface area contributed by atoms with Crippen LogP contribution in [0.25, 0.3) is 10.8 Å². The van der Waals surface area contributed by atoms with Crippen LogP contribution in [0.4, 0.5) is 5.69 Å². The number of pyridine rings is 1. The molecule has 0 bridgehead atoms. The van der Waals surface area contributed by atoms with Gasteiger partial charge in [0.05, 0.1) is 0 Å². The fraction of sp³-hybridized carbons (Fsp3) is 0.0714. The number of aromatic nitrogens is 1. The van der Waals surface area contributed by atoms with Gasteiger partial charge in [0, 0.05) is 44.7 Å². The maximum atomic E-state index is 6.04. The number of hydrogen-bond donors (Lipinski definition) is 1. The van der Waals surface area contributed by atoms with Crippen molar-refractivity contribution in [2.24, 2.45) is 0 Å². The quantitative estimate of drug-likeness (QED) is 0.689. The molecule has 0 aliphatic carbocycles. The largest absolute Gasteiger partial charge is 0.380 e. The lowest BCUT2D eigenvalue weighted by Gasteiger charge is -2.08. The number of halogens is 2. The minimum atomic E-state index is 0.761. The molecule has 0 unspecified atom stereocenters. The van der Waals surface area contributed by atoms with E-state index in [0.29, 0.717) is 0 Å². The Morgan fingerprint density at radius 2 is 2.21 bits per heavy atom. The molecular formula is C14H10BrClN2S. The van der Waals surface area contributed by atoms with E-state index in [-0.39, 0.29) is 0 Å². The van der Waals surface area contributed by atoms with Crippen molar-refractivity contribution in [3.8, 4) is 0 Å². The van der Waals surface area contributed by atoms with Gasteiger partial charge in [-0.3, -0.25) is 4.98 Å². The van der Waals surface area contributed by atoms with Crippen LogP contribution in [0, 0.1) is 0 Å². The number of benzene rings is 1. The Hall–Kier alpha value is -1.10. The van der Waals surface area contributed by atoms with Crippen LogP contribution in [-0.4, -0.2) is 4.98 Å². The summed E-state index contributed by atoms with van der Waals surface area (Å²) in [6, 6.07) is 10.2. The molecule has 2 nitrogen and oxygen atoms in total. The van der Waals surface area contributed by atoms with E-state index in [0.717, 1.165) is 26.4 Å². The third-order valence-corrected chi connectivity index (χ3v) is 5.30. The molecule has 0 amide bonds. The Bertz CT molecular complexity index is 702. The Morgan fingerprint density at radius 1 is 1.32 bits per heavy atom. The number of rotatable bonds is 3. The van der Waals surface area contributed by atoms with Crippen LogP contribution >= 0.6 is 38.9 Å². The molecule has 3 rings (SSSR count). The van der Waals surface area contributed by atoms with Crippen LogP contribution in [0.2, 0.25) is 4.34 Å². The first kappa shape index (κ1) is 12.9. The van der Waals surface area contributed by atoms with Gasteiger partial charge in [-0.05, 0) is 34.1 Å². The van der Waals surface area contributed by atoms with Crippen molar-refractivity contribution in [3.63, 3.8) is 0 Å². The highest BCUT2D eigenvalue weighted by molar-refractivity contribution is 9.10. The van der Waals surface area contributed by atoms with Crippen LogP contribution in [0.15, 0.2) is 47.2 Å². The van der Waals surface area contributed by atoms with E-state index in [1.165, 1.54) is 10.3 Å². The summed E-state index contributed by atoms with van der Waals surface area (Å²) < 4.78 is 1.75. The summed E-state index contributed by atoms with van der Waals surface area (Å²) in [6.07, 6.45) is 3.69. The van der Waals surface area contributed by atoms with Gasteiger partial charge in [0.1, 0.15) is 4.34 Å². The second-order valence-electron chi connectivity index (χ2n) is 4.09. The average molecular weight is 354 g/mol. The van der Waals surface area contributed by atoms with Gasteiger partial charge in [0.15, 0.2) is 0 Å². The molecular weight excluding hydrogens is 344 g/mol. The van der Waals surface area contributed by atoms with E-state index >= 15 is 0 Å². The highest BCUT2D eigenvalue weighted by atomic mass is 79.9. The summed E-state index contributed by atoms with van der Waals surface area (Å²) >= 11 is 11.0. The summed E-state index contributed by atoms with van der Waals surface area (Å²) in [5.74, 6) is 0. The predicted octanol–water partition coefficient (Wildman–Crippen LogP) is 5.32. The van der Waals surface area contributed by atoms with E-state index in [9.17, 15) is 0 Å². The van der Waals surface area contributed by atoms with Gasteiger partial charge in [-0.25, -0.2) is 0 Å². The highest BCUT2D eigenvalue weighted by Crippen LogP contribution is 2.32. The zero-order valence-corrected chi connectivity index (χ0v) is 13.0. The molecule has 96 valence electrons. The summed E-state index contributed by atoms with van der Waals surface area (Å²) in [4.78, 5) is 5.33. The van der Waals surface area contributed by atoms with Crippen molar-refractivity contribution in [1.82, 2.24) is 4.98 Å². The number of hydrogen-bond acceptors (Lipinski definition) is 3. The SMILES string of the molecule is Clc1sc(CNc2cccc3cnccc23)cc1Br. The molecule has 2 aromatic heterocycles. The van der Waals surface area contributed by atoms with E-state index in [1.54, 1.807) is 11.3 Å². The van der Waals surface area contributed by atoms with Crippen molar-refractivity contribution in [2.75, 3.05) is 5.32 Å². The van der Waals surface area contributed by atoms with E-state index < -0.39 is 0 Å². The zero-order valence-electron chi connectivity index (χ0n) is 9.86. The third-order valence-electron chi connectivity index (χ3n) is 2.83. The van der Waals surface area contributed by atoms with Gasteiger partial charge in [0.2, 0.25) is 0 Å². The van der Waals surface area contributed by atoms with Gasteiger partial charge in [-0.1, -0.05) is 23.7 Å². The van der Waals surface area contributed by atoms with Crippen molar-refractivity contribution in [3.05, 3.63) is 56.4 Å². The number of nitrogens with one attached hydrogen (secondary N) is 1. The summed E-state index contributed by atoms with van der Waals surface area (Å²) in [6.45, 7) is 0.761. The number of anilines is 1. The fourth-order valence-electron chi connectivity index (χ4n) is 1.94. The fourth-order valence-corrected chi connectivity index (χ4v) is 3.67. The lowest BCUT2D eigenvalue weighted by Crippen LogP contribution is -1.97. The van der Waals surface area contributed by atoms with E-state index in [2.05, 4.69) is 38.4 Å². The molecule has 0 spiro atoms. The van der Waals surface area contributed by atoms with E-state index in [4.69, 9.17) is 11.6 Å². The molecule has 0 aliphatic heterocycles. The minimum absolute atomic E-state index is 0.761. The first-order chi connectivity index (χ1) is 9.24. The molecule has 3 aromatic rings. The number of nitrogens with zero attached hydrogens (tertiary/aromatic N) is 1. The standard InChI is InChI=1S/C14H10BrClN2S/c15-12-6-10(19-14(12)16)8-18-13-3-1-2-9-7-17-5-4-11(9)13/h1-7,18H,8H2. The summed E-state index contributed by atoms with van der Waals surface area (Å²) in [7, 11) is 0. The first-order valence-corrected chi connectivity index (χ1v) is 7.73. The smallest absolute Gasteiger partial charge is 0.107 e. The lowest BCUT2D eigenvalue weighted by molar-refractivity contribution is 1.20. The molecule has 0 fully saturated rings. The lowest BCUT2D eigenvalue weighted by atomic mass is 10.1. The monoisotopic (exact) mass is 352 g/mol. The molecule has 0 atom stereocenters. The Labute approximate surface area is 128 Å². The maximum Gasteiger partial charge on any atom is 0.107 e. The predicted molar refractivity (Wildman–Crippen MR) is 86.1 cm³/mol. The van der Waals surface area contributed by atoms with Crippen molar-refractivity contribution in [2.45, 2.75) is 6.54 Å². The first-order valence-electron chi connectivity index (χ1n) is 5.74. The molecule has 0 radical (unpaired) electrons. The van der Waals surface area contributed by atoms with Gasteiger partial charge in [-0.15, -0.1) is 11.3 Å². The van der Waals surface area contributed by atoms with Crippen LogP contribution in [0.1, 0.15) is 4.88 Å². The Kier molecular flexibility index (Phi) is 3.73. The second kappa shape index (κ2) is 5.49. The van der Waals surface area contributed by atoms with Crippen molar-refractivity contribution >= 4 is 55.3 Å². The van der Waals surface area contributed by atoms with E-state index in [1.807, 2.05) is 30.6 Å². The molecule has 0 saturated carbocycles. The third kappa shape index (κ3) is 2.76. The summed E-state index contributed by atoms with van der Waals surface area (Å²) in [5.41, 5.74) is 1.11. The summed E-state index contributed by atoms with van der Waals surface area (Å²) in [5, 5.41) is 5.76. The topological polar surface area (TPSA) is 24.9 Å². The normalized spacial score (nSPS) is 10.8. The average Bonchev–Trinajstić information content (AvgIpc) is 2.75. The Balaban J connectivity index is 1.85. The highest BCUT2D eigenvalue weighted by Gasteiger charge is 2.05. The van der Waals surface area contributed by atoms with Crippen LogP contribution in [0.3, 0.4) is 0 Å². The molecule has 0 saturated heterocycles. The van der Waals surface area contributed by atoms with Gasteiger partial charge in [-0.2, -0.15) is 0 Å².